The third-order valence-corrected chi connectivity index (χ3v) is 5.59. The SMILES string of the molecule is Cc1cn2cc(-c3nc4ccc(C5=CCN(C(=O)O)CC5)cc4[n+]([O-])n3)cc2c(C)n1. The molecule has 4 heterocycles. The molecule has 0 radical (unpaired) electrons. The summed E-state index contributed by atoms with van der Waals surface area (Å²) >= 11 is 0. The second-order valence-electron chi connectivity index (χ2n) is 7.71. The van der Waals surface area contributed by atoms with Gasteiger partial charge in [0.1, 0.15) is 5.52 Å². The molecule has 1 aliphatic heterocycles. The molecule has 3 aromatic heterocycles. The van der Waals surface area contributed by atoms with Crippen molar-refractivity contribution in [3.63, 3.8) is 0 Å². The van der Waals surface area contributed by atoms with Gasteiger partial charge in [-0.1, -0.05) is 12.1 Å². The Morgan fingerprint density at radius 1 is 1.16 bits per heavy atom. The maximum absolute atomic E-state index is 12.7. The van der Waals surface area contributed by atoms with Gasteiger partial charge in [0.15, 0.2) is 0 Å². The molecule has 1 aliphatic rings. The largest absolute Gasteiger partial charge is 0.594 e. The number of rotatable bonds is 2. The summed E-state index contributed by atoms with van der Waals surface area (Å²) in [6.07, 6.45) is 5.38. The van der Waals surface area contributed by atoms with Crippen LogP contribution in [0, 0.1) is 19.1 Å². The van der Waals surface area contributed by atoms with E-state index < -0.39 is 6.09 Å². The van der Waals surface area contributed by atoms with Crippen molar-refractivity contribution >= 4 is 28.2 Å². The quantitative estimate of drug-likeness (QED) is 0.397. The van der Waals surface area contributed by atoms with Crippen molar-refractivity contribution in [2.45, 2.75) is 20.3 Å². The van der Waals surface area contributed by atoms with E-state index in [2.05, 4.69) is 15.1 Å². The molecule has 4 aromatic rings. The van der Waals surface area contributed by atoms with E-state index >= 15 is 0 Å². The molecule has 0 fully saturated rings. The Morgan fingerprint density at radius 2 is 2.00 bits per heavy atom. The number of aryl methyl sites for hydroxylation is 2. The number of carboxylic acid groups (broad SMARTS) is 1. The summed E-state index contributed by atoms with van der Waals surface area (Å²) in [6, 6.07) is 7.41. The van der Waals surface area contributed by atoms with Crippen LogP contribution < -0.4 is 4.85 Å². The van der Waals surface area contributed by atoms with Gasteiger partial charge < -0.3 is 19.6 Å². The lowest BCUT2D eigenvalue weighted by atomic mass is 9.99. The molecule has 0 spiro atoms. The van der Waals surface area contributed by atoms with Crippen LogP contribution in [0.3, 0.4) is 0 Å². The van der Waals surface area contributed by atoms with Gasteiger partial charge in [0.2, 0.25) is 5.82 Å². The molecule has 0 bridgehead atoms. The summed E-state index contributed by atoms with van der Waals surface area (Å²) in [5.41, 5.74) is 6.31. The van der Waals surface area contributed by atoms with Crippen LogP contribution in [0.25, 0.3) is 33.5 Å². The molecule has 0 unspecified atom stereocenters. The second kappa shape index (κ2) is 7.05. The number of nitrogens with zero attached hydrogens (tertiary/aromatic N) is 6. The molecular weight excluding hydrogens is 396 g/mol. The van der Waals surface area contributed by atoms with Crippen molar-refractivity contribution in [1.29, 1.82) is 0 Å². The predicted molar refractivity (Wildman–Crippen MR) is 114 cm³/mol. The van der Waals surface area contributed by atoms with Crippen LogP contribution in [0.5, 0.6) is 0 Å². The third-order valence-electron chi connectivity index (χ3n) is 5.59. The highest BCUT2D eigenvalue weighted by Gasteiger charge is 2.19. The lowest BCUT2D eigenvalue weighted by molar-refractivity contribution is -0.642. The van der Waals surface area contributed by atoms with Gasteiger partial charge in [0.05, 0.1) is 16.9 Å². The van der Waals surface area contributed by atoms with Crippen molar-refractivity contribution in [3.8, 4) is 11.4 Å². The fourth-order valence-electron chi connectivity index (χ4n) is 4.03. The molecule has 0 atom stereocenters. The number of aromatic nitrogens is 5. The molecule has 0 aliphatic carbocycles. The summed E-state index contributed by atoms with van der Waals surface area (Å²) in [5.74, 6) is 0.352. The van der Waals surface area contributed by atoms with Crippen LogP contribution in [-0.2, 0) is 0 Å². The standard InChI is InChI=1S/C22H20N6O3/c1-13-11-27-12-17(10-19(27)14(2)23-13)21-24-18-4-3-16(9-20(18)28(31)25-21)15-5-7-26(8-6-15)22(29)30/h3-5,9-12H,6-8H2,1-2H3,(H,29,30). The number of benzene rings is 1. The monoisotopic (exact) mass is 416 g/mol. The first-order chi connectivity index (χ1) is 14.9. The highest BCUT2D eigenvalue weighted by molar-refractivity contribution is 5.80. The molecule has 1 N–H and O–H groups in total. The van der Waals surface area contributed by atoms with Crippen LogP contribution in [0.2, 0.25) is 0 Å². The molecular formula is C22H20N6O3. The minimum Gasteiger partial charge on any atom is -0.594 e. The molecule has 9 heteroatoms. The topological polar surface area (TPSA) is 111 Å². The molecule has 1 amide bonds. The molecule has 1 aromatic carbocycles. The average molecular weight is 416 g/mol. The van der Waals surface area contributed by atoms with Gasteiger partial charge in [-0.15, -0.1) is 0 Å². The number of fused-ring (bicyclic) bond motifs is 2. The Hall–Kier alpha value is -4.01. The Kier molecular flexibility index (Phi) is 4.32. The van der Waals surface area contributed by atoms with Gasteiger partial charge >= 0.3 is 6.09 Å². The highest BCUT2D eigenvalue weighted by atomic mass is 16.5. The summed E-state index contributed by atoms with van der Waals surface area (Å²) in [6.45, 7) is 4.65. The van der Waals surface area contributed by atoms with Crippen molar-refractivity contribution in [2.24, 2.45) is 0 Å². The molecule has 156 valence electrons. The fourth-order valence-corrected chi connectivity index (χ4v) is 4.03. The Labute approximate surface area is 177 Å². The van der Waals surface area contributed by atoms with Crippen LogP contribution in [0.1, 0.15) is 23.4 Å². The van der Waals surface area contributed by atoms with Crippen LogP contribution in [0.4, 0.5) is 4.79 Å². The summed E-state index contributed by atoms with van der Waals surface area (Å²) in [5, 5.41) is 26.0. The summed E-state index contributed by atoms with van der Waals surface area (Å²) in [4.78, 5) is 22.1. The maximum Gasteiger partial charge on any atom is 0.407 e. The lowest BCUT2D eigenvalue weighted by Crippen LogP contribution is -2.34. The summed E-state index contributed by atoms with van der Waals surface area (Å²) in [7, 11) is 0. The van der Waals surface area contributed by atoms with Gasteiger partial charge in [0.25, 0.3) is 5.52 Å². The molecule has 9 nitrogen and oxygen atoms in total. The number of carbonyl (C=O) groups is 1. The highest BCUT2D eigenvalue weighted by Crippen LogP contribution is 2.26. The van der Waals surface area contributed by atoms with Gasteiger partial charge in [-0.05, 0) is 48.4 Å². The lowest BCUT2D eigenvalue weighted by Gasteiger charge is -2.23. The van der Waals surface area contributed by atoms with Gasteiger partial charge in [-0.2, -0.15) is 0 Å². The van der Waals surface area contributed by atoms with E-state index in [-0.39, 0.29) is 0 Å². The van der Waals surface area contributed by atoms with E-state index in [1.165, 1.54) is 4.90 Å². The zero-order valence-electron chi connectivity index (χ0n) is 17.1. The van der Waals surface area contributed by atoms with Crippen LogP contribution in [0.15, 0.2) is 42.7 Å². The van der Waals surface area contributed by atoms with Gasteiger partial charge in [-0.25, -0.2) is 9.78 Å². The van der Waals surface area contributed by atoms with Crippen molar-refractivity contribution < 1.29 is 14.7 Å². The third kappa shape index (κ3) is 3.33. The molecule has 5 rings (SSSR count). The van der Waals surface area contributed by atoms with E-state index in [0.717, 1.165) is 33.6 Å². The Bertz CT molecular complexity index is 1390. The normalized spacial score (nSPS) is 14.3. The second-order valence-corrected chi connectivity index (χ2v) is 7.71. The predicted octanol–water partition coefficient (Wildman–Crippen LogP) is 2.96. The average Bonchev–Trinajstić information content (AvgIpc) is 3.18. The van der Waals surface area contributed by atoms with E-state index in [0.29, 0.717) is 41.2 Å². The first-order valence-corrected chi connectivity index (χ1v) is 9.94. The number of amides is 1. The van der Waals surface area contributed by atoms with Crippen LogP contribution in [-0.4, -0.2) is 48.7 Å². The zero-order valence-corrected chi connectivity index (χ0v) is 17.1. The zero-order chi connectivity index (χ0) is 21.7. The van der Waals surface area contributed by atoms with Crippen molar-refractivity contribution in [2.75, 3.05) is 13.1 Å². The van der Waals surface area contributed by atoms with Gasteiger partial charge in [-0.3, -0.25) is 4.98 Å². The van der Waals surface area contributed by atoms with E-state index in [1.54, 1.807) is 12.1 Å². The first kappa shape index (κ1) is 19.0. The van der Waals surface area contributed by atoms with E-state index in [9.17, 15) is 10.0 Å². The molecule has 0 saturated heterocycles. The Morgan fingerprint density at radius 3 is 2.74 bits per heavy atom. The maximum atomic E-state index is 12.7. The molecule has 0 saturated carbocycles. The fraction of sp³-hybridized carbons (Fsp3) is 0.227. The smallest absolute Gasteiger partial charge is 0.407 e. The first-order valence-electron chi connectivity index (χ1n) is 9.94. The van der Waals surface area contributed by atoms with Crippen molar-refractivity contribution in [1.82, 2.24) is 24.4 Å². The van der Waals surface area contributed by atoms with Crippen molar-refractivity contribution in [3.05, 3.63) is 64.9 Å². The Balaban J connectivity index is 1.53. The minimum absolute atomic E-state index is 0.339. The number of hydrogen-bond acceptors (Lipinski definition) is 5. The van der Waals surface area contributed by atoms with Crippen LogP contribution >= 0.6 is 0 Å². The molecule has 31 heavy (non-hydrogen) atoms. The van der Waals surface area contributed by atoms with Gasteiger partial charge in [0, 0.05) is 42.2 Å². The summed E-state index contributed by atoms with van der Waals surface area (Å²) < 4.78 is 1.97. The minimum atomic E-state index is -0.924. The van der Waals surface area contributed by atoms with E-state index in [4.69, 9.17) is 5.11 Å². The van der Waals surface area contributed by atoms with E-state index in [1.807, 2.05) is 48.9 Å². The number of hydrogen-bond donors (Lipinski definition) is 1.